The minimum absolute atomic E-state index is 0.763. The van der Waals surface area contributed by atoms with Crippen molar-refractivity contribution in [2.45, 2.75) is 33.6 Å². The Bertz CT molecular complexity index is 222. The van der Waals surface area contributed by atoms with Crippen LogP contribution in [0.5, 0.6) is 0 Å². The van der Waals surface area contributed by atoms with Crippen molar-refractivity contribution in [3.05, 3.63) is 22.1 Å². The Labute approximate surface area is 112 Å². The van der Waals surface area contributed by atoms with Crippen LogP contribution in [-0.4, -0.2) is 11.1 Å². The third-order valence-corrected chi connectivity index (χ3v) is 3.98. The maximum absolute atomic E-state index is 6.17. The fourth-order valence-electron chi connectivity index (χ4n) is 0.947. The van der Waals surface area contributed by atoms with Crippen LogP contribution >= 0.6 is 39.3 Å². The van der Waals surface area contributed by atoms with E-state index in [2.05, 4.69) is 48.9 Å². The molecule has 0 rings (SSSR count). The van der Waals surface area contributed by atoms with E-state index in [4.69, 9.17) is 11.6 Å². The third-order valence-electron chi connectivity index (χ3n) is 1.89. The second-order valence-electron chi connectivity index (χ2n) is 3.71. The quantitative estimate of drug-likeness (QED) is 0.437. The summed E-state index contributed by atoms with van der Waals surface area (Å²) in [7, 11) is 0. The van der Waals surface area contributed by atoms with Crippen LogP contribution in [0.25, 0.3) is 0 Å². The number of allylic oxidation sites excluding steroid dienone is 3. The number of hydrogen-bond acceptors (Lipinski definition) is 1. The molecule has 0 aliphatic heterocycles. The van der Waals surface area contributed by atoms with Gasteiger partial charge >= 0.3 is 0 Å². The molecule has 0 nitrogen and oxygen atoms in total. The lowest BCUT2D eigenvalue weighted by Crippen LogP contribution is -1.90. The highest BCUT2D eigenvalue weighted by Gasteiger charge is 2.01. The lowest BCUT2D eigenvalue weighted by molar-refractivity contribution is 0.632. The van der Waals surface area contributed by atoms with Gasteiger partial charge < -0.3 is 0 Å². The van der Waals surface area contributed by atoms with Gasteiger partial charge in [-0.3, -0.25) is 0 Å². The van der Waals surface area contributed by atoms with Crippen LogP contribution < -0.4 is 0 Å². The van der Waals surface area contributed by atoms with Crippen molar-refractivity contribution in [2.24, 2.45) is 5.92 Å². The lowest BCUT2D eigenvalue weighted by Gasteiger charge is -2.07. The van der Waals surface area contributed by atoms with Crippen molar-refractivity contribution in [2.75, 3.05) is 11.1 Å². The maximum Gasteiger partial charge on any atom is 0.0313 e. The molecular formula is C12H20BrClS. The van der Waals surface area contributed by atoms with E-state index < -0.39 is 0 Å². The van der Waals surface area contributed by atoms with Crippen LogP contribution in [0.15, 0.2) is 22.1 Å². The van der Waals surface area contributed by atoms with Gasteiger partial charge in [-0.15, -0.1) is 11.8 Å². The molecule has 0 fully saturated rings. The van der Waals surface area contributed by atoms with E-state index in [1.165, 1.54) is 11.3 Å². The van der Waals surface area contributed by atoms with E-state index in [0.29, 0.717) is 0 Å². The zero-order valence-electron chi connectivity index (χ0n) is 9.72. The minimum atomic E-state index is 0.763. The average Bonchev–Trinajstić information content (AvgIpc) is 2.21. The van der Waals surface area contributed by atoms with Gasteiger partial charge in [0.25, 0.3) is 0 Å². The molecule has 0 atom stereocenters. The smallest absolute Gasteiger partial charge is 0.0313 e. The summed E-state index contributed by atoms with van der Waals surface area (Å²) >= 11 is 11.4. The van der Waals surface area contributed by atoms with Gasteiger partial charge in [-0.2, -0.15) is 0 Å². The van der Waals surface area contributed by atoms with E-state index in [-0.39, 0.29) is 0 Å². The summed E-state index contributed by atoms with van der Waals surface area (Å²) in [6.07, 6.45) is 6.36. The highest BCUT2D eigenvalue weighted by atomic mass is 79.9. The van der Waals surface area contributed by atoms with Crippen LogP contribution in [0.3, 0.4) is 0 Å². The molecule has 0 saturated heterocycles. The Hall–Kier alpha value is 0.600. The van der Waals surface area contributed by atoms with Crippen molar-refractivity contribution in [1.82, 2.24) is 0 Å². The molecule has 15 heavy (non-hydrogen) atoms. The monoisotopic (exact) mass is 310 g/mol. The third kappa shape index (κ3) is 8.41. The first-order chi connectivity index (χ1) is 7.11. The number of alkyl halides is 1. The molecule has 0 aliphatic rings. The summed E-state index contributed by atoms with van der Waals surface area (Å²) in [6.45, 7) is 6.59. The molecule has 0 aromatic heterocycles. The first kappa shape index (κ1) is 15.6. The normalized spacial score (nSPS) is 13.7. The predicted molar refractivity (Wildman–Crippen MR) is 78.0 cm³/mol. The van der Waals surface area contributed by atoms with E-state index in [0.717, 1.165) is 28.5 Å². The predicted octanol–water partition coefficient (Wildman–Crippen LogP) is 5.58. The number of halogens is 2. The molecule has 0 aliphatic carbocycles. The van der Waals surface area contributed by atoms with E-state index in [1.807, 2.05) is 11.8 Å². The molecule has 0 aromatic rings. The van der Waals surface area contributed by atoms with Crippen molar-refractivity contribution >= 4 is 39.3 Å². The SMILES string of the molecule is CC/C(Cl)=C(\C=C/CBr)SCCC(C)C. The first-order valence-corrected chi connectivity index (χ1v) is 7.84. The minimum Gasteiger partial charge on any atom is -0.125 e. The van der Waals surface area contributed by atoms with Crippen molar-refractivity contribution in [3.8, 4) is 0 Å². The second-order valence-corrected chi connectivity index (χ2v) is 5.95. The Morgan fingerprint density at radius 1 is 1.47 bits per heavy atom. The average molecular weight is 312 g/mol. The van der Waals surface area contributed by atoms with Crippen LogP contribution in [0.1, 0.15) is 33.6 Å². The molecule has 0 radical (unpaired) electrons. The number of hydrogen-bond donors (Lipinski definition) is 0. The summed E-state index contributed by atoms with van der Waals surface area (Å²) in [5.41, 5.74) is 0. The van der Waals surface area contributed by atoms with Crippen molar-refractivity contribution in [3.63, 3.8) is 0 Å². The first-order valence-electron chi connectivity index (χ1n) is 5.35. The molecule has 0 amide bonds. The number of thioether (sulfide) groups is 1. The maximum atomic E-state index is 6.17. The van der Waals surface area contributed by atoms with Gasteiger partial charge in [-0.1, -0.05) is 60.5 Å². The zero-order chi connectivity index (χ0) is 11.7. The second kappa shape index (κ2) is 9.80. The molecule has 88 valence electrons. The Morgan fingerprint density at radius 2 is 2.13 bits per heavy atom. The molecule has 0 aromatic carbocycles. The van der Waals surface area contributed by atoms with Crippen molar-refractivity contribution < 1.29 is 0 Å². The highest BCUT2D eigenvalue weighted by Crippen LogP contribution is 2.27. The van der Waals surface area contributed by atoms with Crippen LogP contribution in [0, 0.1) is 5.92 Å². The molecule has 0 N–H and O–H groups in total. The van der Waals surface area contributed by atoms with Gasteiger partial charge in [-0.25, -0.2) is 0 Å². The molecule has 0 spiro atoms. The van der Waals surface area contributed by atoms with E-state index in [1.54, 1.807) is 0 Å². The van der Waals surface area contributed by atoms with Crippen LogP contribution in [-0.2, 0) is 0 Å². The summed E-state index contributed by atoms with van der Waals surface area (Å²) < 4.78 is 0. The summed E-state index contributed by atoms with van der Waals surface area (Å²) in [5.74, 6) is 1.91. The Morgan fingerprint density at radius 3 is 2.60 bits per heavy atom. The van der Waals surface area contributed by atoms with Crippen molar-refractivity contribution in [1.29, 1.82) is 0 Å². The molecular weight excluding hydrogens is 292 g/mol. The topological polar surface area (TPSA) is 0 Å². The standard InChI is InChI=1S/C12H20BrClS/c1-4-11(14)12(6-5-8-13)15-9-7-10(2)3/h5-6,10H,4,7-9H2,1-3H3/b6-5-,12-11-. The van der Waals surface area contributed by atoms with E-state index in [9.17, 15) is 0 Å². The van der Waals surface area contributed by atoms with Gasteiger partial charge in [0.15, 0.2) is 0 Å². The summed E-state index contributed by atoms with van der Waals surface area (Å²) in [6, 6.07) is 0. The summed E-state index contributed by atoms with van der Waals surface area (Å²) in [5, 5.41) is 1.86. The molecule has 0 unspecified atom stereocenters. The Balaban J connectivity index is 4.21. The van der Waals surface area contributed by atoms with Gasteiger partial charge in [0.1, 0.15) is 0 Å². The van der Waals surface area contributed by atoms with Gasteiger partial charge in [0.2, 0.25) is 0 Å². The highest BCUT2D eigenvalue weighted by molar-refractivity contribution is 9.09. The summed E-state index contributed by atoms with van der Waals surface area (Å²) in [4.78, 5) is 1.22. The molecule has 0 heterocycles. The van der Waals surface area contributed by atoms with Crippen LogP contribution in [0.2, 0.25) is 0 Å². The van der Waals surface area contributed by atoms with Crippen LogP contribution in [0.4, 0.5) is 0 Å². The lowest BCUT2D eigenvalue weighted by atomic mass is 10.2. The number of rotatable bonds is 7. The van der Waals surface area contributed by atoms with Gasteiger partial charge in [-0.05, 0) is 24.5 Å². The van der Waals surface area contributed by atoms with E-state index >= 15 is 0 Å². The molecule has 3 heteroatoms. The fraction of sp³-hybridized carbons (Fsp3) is 0.667. The zero-order valence-corrected chi connectivity index (χ0v) is 12.9. The molecule has 0 bridgehead atoms. The van der Waals surface area contributed by atoms with Gasteiger partial charge in [0.05, 0.1) is 0 Å². The largest absolute Gasteiger partial charge is 0.125 e. The fourth-order valence-corrected chi connectivity index (χ4v) is 2.66. The van der Waals surface area contributed by atoms with Gasteiger partial charge in [0, 0.05) is 15.3 Å². The Kier molecular flexibility index (Phi) is 10.2. The molecule has 0 saturated carbocycles.